The van der Waals surface area contributed by atoms with Crippen LogP contribution >= 0.6 is 11.6 Å². The maximum atomic E-state index is 12.1. The molecule has 0 spiro atoms. The van der Waals surface area contributed by atoms with Gasteiger partial charge in [0.05, 0.1) is 11.9 Å². The van der Waals surface area contributed by atoms with Crippen molar-refractivity contribution in [1.82, 2.24) is 14.9 Å². The first kappa shape index (κ1) is 15.4. The molecule has 2 N–H and O–H groups in total. The highest BCUT2D eigenvalue weighted by molar-refractivity contribution is 6.30. The molecule has 23 heavy (non-hydrogen) atoms. The molecule has 1 aliphatic rings. The fourth-order valence-corrected chi connectivity index (χ4v) is 2.91. The second-order valence-corrected chi connectivity index (χ2v) is 6.05. The molecular weight excluding hydrogens is 314 g/mol. The molecule has 0 aliphatic carbocycles. The van der Waals surface area contributed by atoms with Crippen molar-refractivity contribution in [3.63, 3.8) is 0 Å². The van der Waals surface area contributed by atoms with Gasteiger partial charge in [-0.2, -0.15) is 5.26 Å². The van der Waals surface area contributed by atoms with Gasteiger partial charge in [-0.3, -0.25) is 10.1 Å². The number of rotatable bonds is 4. The van der Waals surface area contributed by atoms with Gasteiger partial charge >= 0.3 is 0 Å². The number of hydrogen-bond acceptors (Lipinski definition) is 4. The summed E-state index contributed by atoms with van der Waals surface area (Å²) in [7, 11) is 0. The van der Waals surface area contributed by atoms with Crippen LogP contribution in [0.15, 0.2) is 30.5 Å². The van der Waals surface area contributed by atoms with Crippen LogP contribution in [0.3, 0.4) is 0 Å². The van der Waals surface area contributed by atoms with E-state index in [1.807, 2.05) is 18.2 Å². The predicted octanol–water partition coefficient (Wildman–Crippen LogP) is 2.86. The van der Waals surface area contributed by atoms with Crippen molar-refractivity contribution in [2.45, 2.75) is 12.8 Å². The highest BCUT2D eigenvalue weighted by atomic mass is 35.5. The normalized spacial score (nSPS) is 17.0. The van der Waals surface area contributed by atoms with Crippen LogP contribution in [-0.2, 0) is 4.79 Å². The fraction of sp³-hybridized carbons (Fsp3) is 0.312. The van der Waals surface area contributed by atoms with E-state index in [1.54, 1.807) is 17.2 Å². The van der Waals surface area contributed by atoms with Crippen LogP contribution in [0.2, 0.25) is 5.02 Å². The Hall–Kier alpha value is -2.52. The van der Waals surface area contributed by atoms with Crippen LogP contribution in [0.4, 0.5) is 5.95 Å². The van der Waals surface area contributed by atoms with Crippen LogP contribution in [0.1, 0.15) is 12.8 Å². The van der Waals surface area contributed by atoms with E-state index in [4.69, 9.17) is 16.9 Å². The zero-order valence-corrected chi connectivity index (χ0v) is 13.2. The number of nitrogens with one attached hydrogen (secondary N) is 2. The van der Waals surface area contributed by atoms with Gasteiger partial charge in [0.15, 0.2) is 6.19 Å². The van der Waals surface area contributed by atoms with Crippen LogP contribution in [-0.4, -0.2) is 33.9 Å². The Labute approximate surface area is 139 Å². The zero-order valence-electron chi connectivity index (χ0n) is 12.4. The molecule has 2 heterocycles. The summed E-state index contributed by atoms with van der Waals surface area (Å²) in [4.78, 5) is 21.0. The molecule has 1 aromatic heterocycles. The van der Waals surface area contributed by atoms with E-state index in [0.717, 1.165) is 24.2 Å². The highest BCUT2D eigenvalue weighted by Gasteiger charge is 2.24. The minimum Gasteiger partial charge on any atom is -0.324 e. The van der Waals surface area contributed by atoms with Crippen molar-refractivity contribution in [1.29, 1.82) is 5.26 Å². The summed E-state index contributed by atoms with van der Waals surface area (Å²) < 4.78 is 0. The minimum absolute atomic E-state index is 0.0956. The first-order valence-electron chi connectivity index (χ1n) is 7.39. The maximum absolute atomic E-state index is 12.1. The lowest BCUT2D eigenvalue weighted by molar-refractivity contribution is -0.117. The molecule has 3 rings (SSSR count). The van der Waals surface area contributed by atoms with Gasteiger partial charge in [0.25, 0.3) is 0 Å². The SMILES string of the molecule is N#CN1CC[C@H](CC(=O)Nc2ncc(-c3cccc(Cl)c3)[nH]2)C1. The first-order chi connectivity index (χ1) is 11.1. The maximum Gasteiger partial charge on any atom is 0.227 e. The molecule has 7 heteroatoms. The summed E-state index contributed by atoms with van der Waals surface area (Å²) in [5.74, 6) is 0.541. The number of carbonyl (C=O) groups is 1. The van der Waals surface area contributed by atoms with E-state index in [-0.39, 0.29) is 11.8 Å². The number of amides is 1. The standard InChI is InChI=1S/C16H16ClN5O/c17-13-3-1-2-12(7-13)14-8-19-16(20-14)21-15(23)6-11-4-5-22(9-11)10-18/h1-3,7-8,11H,4-6,9H2,(H2,19,20,21,23)/t11-/m1/s1. The second kappa shape index (κ2) is 6.71. The molecule has 2 aromatic rings. The molecule has 0 bridgehead atoms. The van der Waals surface area contributed by atoms with Crippen molar-refractivity contribution < 1.29 is 4.79 Å². The number of likely N-dealkylation sites (tertiary alicyclic amines) is 1. The van der Waals surface area contributed by atoms with Crippen LogP contribution in [0.25, 0.3) is 11.3 Å². The molecule has 1 aliphatic heterocycles. The Morgan fingerprint density at radius 2 is 2.43 bits per heavy atom. The van der Waals surface area contributed by atoms with Crippen molar-refractivity contribution in [3.05, 3.63) is 35.5 Å². The molecule has 1 aromatic carbocycles. The predicted molar refractivity (Wildman–Crippen MR) is 87.6 cm³/mol. The highest BCUT2D eigenvalue weighted by Crippen LogP contribution is 2.23. The third kappa shape index (κ3) is 3.82. The largest absolute Gasteiger partial charge is 0.324 e. The second-order valence-electron chi connectivity index (χ2n) is 5.61. The van der Waals surface area contributed by atoms with Crippen molar-refractivity contribution in [2.24, 2.45) is 5.92 Å². The Balaban J connectivity index is 1.59. The van der Waals surface area contributed by atoms with Gasteiger partial charge in [-0.1, -0.05) is 23.7 Å². The lowest BCUT2D eigenvalue weighted by Crippen LogP contribution is -2.19. The van der Waals surface area contributed by atoms with Gasteiger partial charge in [0, 0.05) is 30.1 Å². The molecule has 0 radical (unpaired) electrons. The summed E-state index contributed by atoms with van der Waals surface area (Å²) >= 11 is 5.97. The number of nitriles is 1. The number of aromatic amines is 1. The summed E-state index contributed by atoms with van der Waals surface area (Å²) in [6.07, 6.45) is 5.04. The number of halogens is 1. The smallest absolute Gasteiger partial charge is 0.227 e. The van der Waals surface area contributed by atoms with E-state index in [1.165, 1.54) is 0 Å². The van der Waals surface area contributed by atoms with Gasteiger partial charge in [0.1, 0.15) is 0 Å². The number of hydrogen-bond donors (Lipinski definition) is 2. The molecule has 1 atom stereocenters. The van der Waals surface area contributed by atoms with Gasteiger partial charge in [-0.15, -0.1) is 0 Å². The molecule has 118 valence electrons. The summed E-state index contributed by atoms with van der Waals surface area (Å²) in [5.41, 5.74) is 1.70. The van der Waals surface area contributed by atoms with Crippen LogP contribution in [0.5, 0.6) is 0 Å². The topological polar surface area (TPSA) is 84.8 Å². The molecule has 1 saturated heterocycles. The average Bonchev–Trinajstić information content (AvgIpc) is 3.16. The fourth-order valence-electron chi connectivity index (χ4n) is 2.72. The number of H-pyrrole nitrogens is 1. The third-order valence-corrected chi connectivity index (χ3v) is 4.11. The van der Waals surface area contributed by atoms with E-state index in [2.05, 4.69) is 21.5 Å². The Morgan fingerprint density at radius 1 is 1.57 bits per heavy atom. The van der Waals surface area contributed by atoms with Gasteiger partial charge < -0.3 is 9.88 Å². The average molecular weight is 330 g/mol. The first-order valence-corrected chi connectivity index (χ1v) is 7.77. The van der Waals surface area contributed by atoms with E-state index >= 15 is 0 Å². The molecule has 0 unspecified atom stereocenters. The molecule has 0 saturated carbocycles. The Kier molecular flexibility index (Phi) is 4.49. The van der Waals surface area contributed by atoms with E-state index in [0.29, 0.717) is 23.9 Å². The van der Waals surface area contributed by atoms with Crippen molar-refractivity contribution in [2.75, 3.05) is 18.4 Å². The van der Waals surface area contributed by atoms with E-state index < -0.39 is 0 Å². The lowest BCUT2D eigenvalue weighted by Gasteiger charge is -2.08. The number of benzene rings is 1. The third-order valence-electron chi connectivity index (χ3n) is 3.87. The van der Waals surface area contributed by atoms with Gasteiger partial charge in [-0.05, 0) is 24.5 Å². The number of imidazole rings is 1. The summed E-state index contributed by atoms with van der Waals surface area (Å²) in [6.45, 7) is 1.38. The van der Waals surface area contributed by atoms with Crippen molar-refractivity contribution >= 4 is 23.5 Å². The molecule has 1 fully saturated rings. The quantitative estimate of drug-likeness (QED) is 0.845. The van der Waals surface area contributed by atoms with Crippen molar-refractivity contribution in [3.8, 4) is 17.5 Å². The lowest BCUT2D eigenvalue weighted by atomic mass is 10.0. The molecular formula is C16H16ClN5O. The zero-order chi connectivity index (χ0) is 16.2. The monoisotopic (exact) mass is 329 g/mol. The van der Waals surface area contributed by atoms with Gasteiger partial charge in [-0.25, -0.2) is 4.98 Å². The van der Waals surface area contributed by atoms with Crippen LogP contribution < -0.4 is 5.32 Å². The summed E-state index contributed by atoms with van der Waals surface area (Å²) in [5, 5.41) is 12.2. The minimum atomic E-state index is -0.0956. The Morgan fingerprint density at radius 3 is 3.17 bits per heavy atom. The number of aromatic nitrogens is 2. The summed E-state index contributed by atoms with van der Waals surface area (Å²) in [6, 6.07) is 7.41. The van der Waals surface area contributed by atoms with Crippen LogP contribution in [0, 0.1) is 17.4 Å². The Bertz CT molecular complexity index is 751. The number of anilines is 1. The number of nitrogens with zero attached hydrogens (tertiary/aromatic N) is 3. The van der Waals surface area contributed by atoms with Gasteiger partial charge in [0.2, 0.25) is 11.9 Å². The molecule has 6 nitrogen and oxygen atoms in total. The van der Waals surface area contributed by atoms with E-state index in [9.17, 15) is 4.79 Å². The molecule has 1 amide bonds. The number of carbonyl (C=O) groups excluding carboxylic acids is 1.